The molecule has 3 aromatic rings. The molecule has 0 amide bonds. The normalized spacial score (nSPS) is 10.9. The molecule has 2 aromatic heterocycles. The van der Waals surface area contributed by atoms with Crippen LogP contribution >= 0.6 is 22.9 Å². The molecule has 102 valence electrons. The molecule has 0 spiro atoms. The molecule has 0 saturated carbocycles. The van der Waals surface area contributed by atoms with E-state index >= 15 is 0 Å². The van der Waals surface area contributed by atoms with Gasteiger partial charge in [-0.3, -0.25) is 4.79 Å². The fourth-order valence-electron chi connectivity index (χ4n) is 2.09. The van der Waals surface area contributed by atoms with Gasteiger partial charge in [-0.2, -0.15) is 0 Å². The van der Waals surface area contributed by atoms with E-state index in [-0.39, 0.29) is 5.56 Å². The molecular weight excluding hydrogens is 294 g/mol. The quantitative estimate of drug-likeness (QED) is 0.778. The van der Waals surface area contributed by atoms with Crippen LogP contribution in [0.15, 0.2) is 35.3 Å². The molecule has 1 aromatic carbocycles. The summed E-state index contributed by atoms with van der Waals surface area (Å²) in [4.78, 5) is 19.3. The lowest BCUT2D eigenvalue weighted by Crippen LogP contribution is -2.05. The Morgan fingerprint density at radius 3 is 3.00 bits per heavy atom. The number of aryl methyl sites for hydroxylation is 1. The number of H-pyrrole nitrogens is 1. The molecule has 0 aliphatic rings. The zero-order chi connectivity index (χ0) is 14.1. The zero-order valence-corrected chi connectivity index (χ0v) is 12.3. The highest BCUT2D eigenvalue weighted by Crippen LogP contribution is 2.22. The number of pyridine rings is 1. The van der Waals surface area contributed by atoms with E-state index < -0.39 is 0 Å². The summed E-state index contributed by atoms with van der Waals surface area (Å²) in [5.74, 6) is 0. The minimum absolute atomic E-state index is 0.0741. The van der Waals surface area contributed by atoms with Crippen molar-refractivity contribution in [3.8, 4) is 0 Å². The van der Waals surface area contributed by atoms with Gasteiger partial charge in [-0.1, -0.05) is 11.6 Å². The minimum atomic E-state index is -0.0741. The number of fused-ring (bicyclic) bond motifs is 1. The number of anilines is 1. The number of nitrogens with one attached hydrogen (secondary N) is 2. The summed E-state index contributed by atoms with van der Waals surface area (Å²) in [6.07, 6.45) is 1.77. The first-order valence-corrected chi connectivity index (χ1v) is 7.29. The van der Waals surface area contributed by atoms with Crippen molar-refractivity contribution in [3.05, 3.63) is 55.7 Å². The molecular formula is C14H12ClN3OS. The van der Waals surface area contributed by atoms with Crippen LogP contribution in [0.25, 0.3) is 10.9 Å². The van der Waals surface area contributed by atoms with Gasteiger partial charge in [0, 0.05) is 33.7 Å². The first-order chi connectivity index (χ1) is 9.61. The van der Waals surface area contributed by atoms with Gasteiger partial charge in [-0.15, -0.1) is 11.3 Å². The van der Waals surface area contributed by atoms with Crippen LogP contribution in [0, 0.1) is 6.92 Å². The Labute approximate surface area is 124 Å². The molecule has 0 saturated heterocycles. The molecule has 0 unspecified atom stereocenters. The Morgan fingerprint density at radius 1 is 1.40 bits per heavy atom. The first-order valence-electron chi connectivity index (χ1n) is 6.09. The fraction of sp³-hybridized carbons (Fsp3) is 0.143. The second-order valence-electron chi connectivity index (χ2n) is 4.51. The second kappa shape index (κ2) is 5.26. The number of rotatable bonds is 3. The van der Waals surface area contributed by atoms with Crippen LogP contribution in [0.3, 0.4) is 0 Å². The molecule has 0 aliphatic carbocycles. The average Bonchev–Trinajstić information content (AvgIpc) is 2.82. The van der Waals surface area contributed by atoms with Gasteiger partial charge in [0.2, 0.25) is 5.56 Å². The van der Waals surface area contributed by atoms with E-state index in [2.05, 4.69) is 15.3 Å². The van der Waals surface area contributed by atoms with Crippen molar-refractivity contribution < 1.29 is 0 Å². The molecule has 20 heavy (non-hydrogen) atoms. The van der Waals surface area contributed by atoms with Crippen LogP contribution in [0.1, 0.15) is 10.4 Å². The molecule has 6 heteroatoms. The van der Waals surface area contributed by atoms with E-state index in [1.807, 2.05) is 25.1 Å². The molecule has 2 N–H and O–H groups in total. The number of benzene rings is 1. The van der Waals surface area contributed by atoms with Crippen molar-refractivity contribution in [3.63, 3.8) is 0 Å². The summed E-state index contributed by atoms with van der Waals surface area (Å²) < 4.78 is 0.550. The van der Waals surface area contributed by atoms with E-state index in [9.17, 15) is 4.79 Å². The SMILES string of the molecule is Cc1cc(=O)[nH]c2ccc(NCc3cnc(Cl)s3)cc12. The summed E-state index contributed by atoms with van der Waals surface area (Å²) in [6, 6.07) is 7.49. The maximum absolute atomic E-state index is 11.4. The number of aromatic amines is 1. The summed E-state index contributed by atoms with van der Waals surface area (Å²) in [7, 11) is 0. The third-order valence-corrected chi connectivity index (χ3v) is 4.16. The Bertz CT molecular complexity index is 825. The molecule has 0 aliphatic heterocycles. The van der Waals surface area contributed by atoms with Crippen LogP contribution in [0.4, 0.5) is 5.69 Å². The number of hydrogen-bond donors (Lipinski definition) is 2. The summed E-state index contributed by atoms with van der Waals surface area (Å²) in [5, 5.41) is 4.37. The standard InChI is InChI=1S/C14H12ClN3OS/c1-8-4-13(19)18-12-3-2-9(5-11(8)12)16-6-10-7-17-14(15)20-10/h2-5,7,16H,6H2,1H3,(H,18,19). The summed E-state index contributed by atoms with van der Waals surface area (Å²) >= 11 is 7.26. The van der Waals surface area contributed by atoms with Crippen molar-refractivity contribution in [2.45, 2.75) is 13.5 Å². The zero-order valence-electron chi connectivity index (χ0n) is 10.7. The van der Waals surface area contributed by atoms with Crippen LogP contribution < -0.4 is 10.9 Å². The van der Waals surface area contributed by atoms with Gasteiger partial charge in [0.25, 0.3) is 0 Å². The molecule has 0 atom stereocenters. The van der Waals surface area contributed by atoms with Gasteiger partial charge in [0.05, 0.1) is 6.54 Å². The lowest BCUT2D eigenvalue weighted by molar-refractivity contribution is 1.17. The van der Waals surface area contributed by atoms with Crippen LogP contribution in [-0.2, 0) is 6.54 Å². The monoisotopic (exact) mass is 305 g/mol. The highest BCUT2D eigenvalue weighted by molar-refractivity contribution is 7.15. The van der Waals surface area contributed by atoms with Crippen molar-refractivity contribution >= 4 is 39.5 Å². The van der Waals surface area contributed by atoms with E-state index in [1.165, 1.54) is 11.3 Å². The Hall–Kier alpha value is -1.85. The predicted molar refractivity (Wildman–Crippen MR) is 83.8 cm³/mol. The highest BCUT2D eigenvalue weighted by atomic mass is 35.5. The number of aromatic nitrogens is 2. The Kier molecular flexibility index (Phi) is 3.46. The maximum Gasteiger partial charge on any atom is 0.248 e. The van der Waals surface area contributed by atoms with Crippen molar-refractivity contribution in [2.24, 2.45) is 0 Å². The number of nitrogens with zero attached hydrogens (tertiary/aromatic N) is 1. The first kappa shape index (κ1) is 13.1. The van der Waals surface area contributed by atoms with E-state index in [0.717, 1.165) is 27.0 Å². The third-order valence-electron chi connectivity index (χ3n) is 3.04. The fourth-order valence-corrected chi connectivity index (χ4v) is 3.00. The Morgan fingerprint density at radius 2 is 2.25 bits per heavy atom. The largest absolute Gasteiger partial charge is 0.380 e. The van der Waals surface area contributed by atoms with E-state index in [0.29, 0.717) is 11.0 Å². The maximum atomic E-state index is 11.4. The number of thiazole rings is 1. The summed E-state index contributed by atoms with van der Waals surface area (Å²) in [6.45, 7) is 2.61. The van der Waals surface area contributed by atoms with E-state index in [4.69, 9.17) is 11.6 Å². The minimum Gasteiger partial charge on any atom is -0.380 e. The highest BCUT2D eigenvalue weighted by Gasteiger charge is 2.03. The van der Waals surface area contributed by atoms with Crippen molar-refractivity contribution in [2.75, 3.05) is 5.32 Å². The van der Waals surface area contributed by atoms with Crippen LogP contribution in [-0.4, -0.2) is 9.97 Å². The predicted octanol–water partition coefficient (Wildman–Crippen LogP) is 3.56. The van der Waals surface area contributed by atoms with Crippen LogP contribution in [0.2, 0.25) is 4.47 Å². The third kappa shape index (κ3) is 2.69. The van der Waals surface area contributed by atoms with Gasteiger partial charge in [-0.05, 0) is 30.7 Å². The van der Waals surface area contributed by atoms with Gasteiger partial charge < -0.3 is 10.3 Å². The van der Waals surface area contributed by atoms with Crippen molar-refractivity contribution in [1.29, 1.82) is 0 Å². The molecule has 3 rings (SSSR count). The molecule has 4 nitrogen and oxygen atoms in total. The second-order valence-corrected chi connectivity index (χ2v) is 6.21. The smallest absolute Gasteiger partial charge is 0.248 e. The van der Waals surface area contributed by atoms with Gasteiger partial charge in [0.15, 0.2) is 4.47 Å². The molecule has 0 fully saturated rings. The molecule has 2 heterocycles. The summed E-state index contributed by atoms with van der Waals surface area (Å²) in [5.41, 5.74) is 2.74. The van der Waals surface area contributed by atoms with Gasteiger partial charge in [0.1, 0.15) is 0 Å². The average molecular weight is 306 g/mol. The van der Waals surface area contributed by atoms with E-state index in [1.54, 1.807) is 12.3 Å². The Balaban J connectivity index is 1.87. The number of hydrogen-bond acceptors (Lipinski definition) is 4. The topological polar surface area (TPSA) is 57.8 Å². The number of halogens is 1. The van der Waals surface area contributed by atoms with Crippen molar-refractivity contribution in [1.82, 2.24) is 9.97 Å². The molecule has 0 radical (unpaired) electrons. The van der Waals surface area contributed by atoms with Gasteiger partial charge in [-0.25, -0.2) is 4.98 Å². The molecule has 0 bridgehead atoms. The lowest BCUT2D eigenvalue weighted by atomic mass is 10.1. The van der Waals surface area contributed by atoms with Gasteiger partial charge >= 0.3 is 0 Å². The lowest BCUT2D eigenvalue weighted by Gasteiger charge is -2.07. The van der Waals surface area contributed by atoms with Crippen LogP contribution in [0.5, 0.6) is 0 Å².